The van der Waals surface area contributed by atoms with Crippen molar-refractivity contribution in [2.24, 2.45) is 0 Å². The van der Waals surface area contributed by atoms with Gasteiger partial charge in [0.2, 0.25) is 0 Å². The van der Waals surface area contributed by atoms with Gasteiger partial charge in [0.25, 0.3) is 5.91 Å². The molecule has 122 valence electrons. The molecule has 0 saturated carbocycles. The van der Waals surface area contributed by atoms with Crippen LogP contribution in [0.1, 0.15) is 27.9 Å². The molecule has 0 fully saturated rings. The number of carbonyl (C=O) groups is 1. The maximum Gasteiger partial charge on any atom is 0.272 e. The van der Waals surface area contributed by atoms with Gasteiger partial charge in [-0.1, -0.05) is 12.1 Å². The number of carbonyl (C=O) groups excluding carboxylic acids is 1. The molecule has 3 heterocycles. The molecule has 0 aliphatic carbocycles. The van der Waals surface area contributed by atoms with Crippen molar-refractivity contribution in [2.45, 2.75) is 26.9 Å². The zero-order valence-electron chi connectivity index (χ0n) is 13.6. The third kappa shape index (κ3) is 2.10. The summed E-state index contributed by atoms with van der Waals surface area (Å²) in [5.74, 6) is -0.601. The number of thiophene rings is 1. The van der Waals surface area contributed by atoms with Crippen LogP contribution in [0.2, 0.25) is 0 Å². The zero-order chi connectivity index (χ0) is 17.0. The van der Waals surface area contributed by atoms with Crippen LogP contribution in [0.4, 0.5) is 15.8 Å². The molecule has 4 rings (SSSR count). The van der Waals surface area contributed by atoms with E-state index in [4.69, 9.17) is 0 Å². The molecular weight excluding hydrogens is 325 g/mol. The summed E-state index contributed by atoms with van der Waals surface area (Å²) in [5, 5.41) is 4.34. The molecule has 6 heteroatoms. The number of benzene rings is 1. The van der Waals surface area contributed by atoms with E-state index in [1.807, 2.05) is 26.8 Å². The number of nitrogens with zero attached hydrogens (tertiary/aromatic N) is 2. The fraction of sp³-hybridized carbons (Fsp3) is 0.222. The van der Waals surface area contributed by atoms with E-state index in [-0.39, 0.29) is 17.8 Å². The molecule has 0 saturated heterocycles. The van der Waals surface area contributed by atoms with Crippen LogP contribution < -0.4 is 10.2 Å². The number of halogens is 1. The van der Waals surface area contributed by atoms with Crippen LogP contribution in [-0.2, 0) is 0 Å². The van der Waals surface area contributed by atoms with E-state index in [2.05, 4.69) is 10.3 Å². The Labute approximate surface area is 142 Å². The number of rotatable bonds is 1. The third-order valence-electron chi connectivity index (χ3n) is 4.25. The molecular formula is C18H16FN3OS. The Morgan fingerprint density at radius 2 is 2.04 bits per heavy atom. The lowest BCUT2D eigenvalue weighted by Gasteiger charge is -2.34. The van der Waals surface area contributed by atoms with E-state index in [1.54, 1.807) is 18.2 Å². The molecule has 1 aliphatic rings. The summed E-state index contributed by atoms with van der Waals surface area (Å²) in [5.41, 5.74) is 3.10. The minimum absolute atomic E-state index is 0.193. The number of pyridine rings is 1. The summed E-state index contributed by atoms with van der Waals surface area (Å²) in [6, 6.07) is 8.35. The highest BCUT2D eigenvalue weighted by atomic mass is 32.1. The highest BCUT2D eigenvalue weighted by Gasteiger charge is 2.35. The summed E-state index contributed by atoms with van der Waals surface area (Å²) < 4.78 is 14.2. The van der Waals surface area contributed by atoms with Gasteiger partial charge in [-0.05, 0) is 44.5 Å². The van der Waals surface area contributed by atoms with Crippen LogP contribution in [0.15, 0.2) is 30.3 Å². The van der Waals surface area contributed by atoms with Crippen molar-refractivity contribution < 1.29 is 9.18 Å². The van der Waals surface area contributed by atoms with Crippen molar-refractivity contribution >= 4 is 38.8 Å². The summed E-state index contributed by atoms with van der Waals surface area (Å²) in [4.78, 5) is 20.5. The highest BCUT2D eigenvalue weighted by molar-refractivity contribution is 7.21. The second kappa shape index (κ2) is 5.27. The third-order valence-corrected chi connectivity index (χ3v) is 5.32. The first-order chi connectivity index (χ1) is 11.5. The van der Waals surface area contributed by atoms with Crippen molar-refractivity contribution in [1.82, 2.24) is 4.98 Å². The van der Waals surface area contributed by atoms with E-state index in [1.165, 1.54) is 22.3 Å². The van der Waals surface area contributed by atoms with E-state index in [0.29, 0.717) is 4.88 Å². The molecule has 24 heavy (non-hydrogen) atoms. The van der Waals surface area contributed by atoms with Crippen LogP contribution in [0.3, 0.4) is 0 Å². The first kappa shape index (κ1) is 15.1. The van der Waals surface area contributed by atoms with Gasteiger partial charge in [-0.2, -0.15) is 0 Å². The molecule has 0 radical (unpaired) electrons. The first-order valence-electron chi connectivity index (χ1n) is 7.72. The zero-order valence-corrected chi connectivity index (χ0v) is 14.4. The van der Waals surface area contributed by atoms with Crippen molar-refractivity contribution in [2.75, 3.05) is 10.2 Å². The van der Waals surface area contributed by atoms with Crippen LogP contribution in [0.25, 0.3) is 10.2 Å². The lowest BCUT2D eigenvalue weighted by Crippen LogP contribution is -2.47. The lowest BCUT2D eigenvalue weighted by molar-refractivity contribution is 0.0980. The average molecular weight is 341 g/mol. The number of hydrogen-bond donors (Lipinski definition) is 1. The molecule has 1 amide bonds. The molecule has 2 aromatic heterocycles. The number of nitrogens with one attached hydrogen (secondary N) is 1. The van der Waals surface area contributed by atoms with Crippen LogP contribution in [-0.4, -0.2) is 17.1 Å². The molecule has 0 unspecified atom stereocenters. The summed E-state index contributed by atoms with van der Waals surface area (Å²) >= 11 is 1.36. The number of aryl methyl sites for hydroxylation is 2. The molecule has 1 aliphatic heterocycles. The molecule has 0 spiro atoms. The van der Waals surface area contributed by atoms with Crippen molar-refractivity contribution in [3.8, 4) is 0 Å². The van der Waals surface area contributed by atoms with Crippen molar-refractivity contribution in [1.29, 1.82) is 0 Å². The standard InChI is InChI=1S/C18H16FN3OS/c1-9-8-10(2)20-17-14(9)15-16(24-17)18(23)22(11(3)21-15)13-7-5-4-6-12(13)19/h4-8,11,21H,1-3H3/t11-/m1/s1. The van der Waals surface area contributed by atoms with Gasteiger partial charge >= 0.3 is 0 Å². The van der Waals surface area contributed by atoms with Crippen molar-refractivity contribution in [3.63, 3.8) is 0 Å². The van der Waals surface area contributed by atoms with E-state index < -0.39 is 5.82 Å². The van der Waals surface area contributed by atoms with Gasteiger partial charge in [0, 0.05) is 11.1 Å². The average Bonchev–Trinajstić information content (AvgIpc) is 2.87. The fourth-order valence-corrected chi connectivity index (χ4v) is 4.45. The molecule has 1 aromatic carbocycles. The van der Waals surface area contributed by atoms with Gasteiger partial charge in [-0.25, -0.2) is 9.37 Å². The SMILES string of the molecule is Cc1cc(C)c2c3c(sc2n1)C(=O)N(c1ccccc1F)[C@H](C)N3. The van der Waals surface area contributed by atoms with Gasteiger partial charge < -0.3 is 5.32 Å². The van der Waals surface area contributed by atoms with Crippen molar-refractivity contribution in [3.05, 3.63) is 52.3 Å². The summed E-state index contributed by atoms with van der Waals surface area (Å²) in [6.45, 7) is 5.81. The maximum absolute atomic E-state index is 14.2. The normalized spacial score (nSPS) is 17.1. The molecule has 3 aromatic rings. The van der Waals surface area contributed by atoms with E-state index in [9.17, 15) is 9.18 Å². The second-order valence-corrected chi connectivity index (χ2v) is 7.01. The Hall–Kier alpha value is -2.47. The van der Waals surface area contributed by atoms with Crippen LogP contribution in [0, 0.1) is 19.7 Å². The number of anilines is 2. The minimum atomic E-state index is -0.408. The lowest BCUT2D eigenvalue weighted by atomic mass is 10.1. The number of hydrogen-bond acceptors (Lipinski definition) is 4. The minimum Gasteiger partial charge on any atom is -0.363 e. The quantitative estimate of drug-likeness (QED) is 0.710. The summed E-state index contributed by atoms with van der Waals surface area (Å²) in [6.07, 6.45) is -0.347. The predicted molar refractivity (Wildman–Crippen MR) is 95.4 cm³/mol. The number of aromatic nitrogens is 1. The molecule has 0 bridgehead atoms. The monoisotopic (exact) mass is 341 g/mol. The smallest absolute Gasteiger partial charge is 0.272 e. The predicted octanol–water partition coefficient (Wildman–Crippen LogP) is 4.47. The Morgan fingerprint density at radius 3 is 2.79 bits per heavy atom. The molecule has 1 atom stereocenters. The Bertz CT molecular complexity index is 982. The number of para-hydroxylation sites is 1. The largest absolute Gasteiger partial charge is 0.363 e. The molecule has 4 nitrogen and oxygen atoms in total. The Morgan fingerprint density at radius 1 is 1.29 bits per heavy atom. The topological polar surface area (TPSA) is 45.2 Å². The van der Waals surface area contributed by atoms with Crippen LogP contribution in [0.5, 0.6) is 0 Å². The Balaban J connectivity index is 1.91. The van der Waals surface area contributed by atoms with Gasteiger partial charge in [-0.15, -0.1) is 11.3 Å². The van der Waals surface area contributed by atoms with Gasteiger partial charge in [0.15, 0.2) is 0 Å². The van der Waals surface area contributed by atoms with E-state index >= 15 is 0 Å². The van der Waals surface area contributed by atoms with Gasteiger partial charge in [-0.3, -0.25) is 9.69 Å². The fourth-order valence-electron chi connectivity index (χ4n) is 3.25. The molecule has 1 N–H and O–H groups in total. The maximum atomic E-state index is 14.2. The highest BCUT2D eigenvalue weighted by Crippen LogP contribution is 2.42. The van der Waals surface area contributed by atoms with E-state index in [0.717, 1.165) is 27.2 Å². The number of amides is 1. The summed E-state index contributed by atoms with van der Waals surface area (Å²) in [7, 11) is 0. The van der Waals surface area contributed by atoms with Gasteiger partial charge in [0.1, 0.15) is 21.7 Å². The first-order valence-corrected chi connectivity index (χ1v) is 8.54. The second-order valence-electron chi connectivity index (χ2n) is 6.01. The Kier molecular flexibility index (Phi) is 3.31. The number of fused-ring (bicyclic) bond motifs is 3. The van der Waals surface area contributed by atoms with Crippen LogP contribution >= 0.6 is 11.3 Å². The van der Waals surface area contributed by atoms with Gasteiger partial charge in [0.05, 0.1) is 11.4 Å².